The number of carbonyl (C=O) groups is 1. The number of rotatable bonds is 5. The molecule has 6 heteroatoms. The molecule has 0 spiro atoms. The Labute approximate surface area is 179 Å². The van der Waals surface area contributed by atoms with Gasteiger partial charge in [-0.2, -0.15) is 0 Å². The quantitative estimate of drug-likeness (QED) is 0.523. The number of hydrogen-bond donors (Lipinski definition) is 1. The standard InChI is InChI=1S/C11H14BrN.C11H12N2OS/c1-3-9-13(2)11-6-4-5-10(12)7-8-11;1-3-12-8-4-5-13-11-10(8)7(2)9(6-14)15-11/h3-5,7-9H,6H2,1-2H3;4-6H,3H2,1-2H3,(H,12,13)/b9-3-;. The Bertz CT molecular complexity index is 941. The highest BCUT2D eigenvalue weighted by molar-refractivity contribution is 9.11. The summed E-state index contributed by atoms with van der Waals surface area (Å²) in [6.45, 7) is 6.90. The summed E-state index contributed by atoms with van der Waals surface area (Å²) >= 11 is 4.89. The smallest absolute Gasteiger partial charge is 0.160 e. The summed E-state index contributed by atoms with van der Waals surface area (Å²) in [6.07, 6.45) is 16.2. The third kappa shape index (κ3) is 5.66. The number of aldehydes is 1. The number of nitrogens with zero attached hydrogens (tertiary/aromatic N) is 2. The highest BCUT2D eigenvalue weighted by Crippen LogP contribution is 2.33. The second-order valence-electron chi connectivity index (χ2n) is 6.19. The molecule has 0 saturated heterocycles. The Hall–Kier alpha value is -2.18. The van der Waals surface area contributed by atoms with Crippen molar-refractivity contribution >= 4 is 49.5 Å². The molecule has 0 fully saturated rings. The predicted molar refractivity (Wildman–Crippen MR) is 125 cm³/mol. The first-order valence-electron chi connectivity index (χ1n) is 9.17. The minimum atomic E-state index is 0.767. The number of allylic oxidation sites excluding steroid dienone is 6. The van der Waals surface area contributed by atoms with Crippen LogP contribution in [0.2, 0.25) is 0 Å². The summed E-state index contributed by atoms with van der Waals surface area (Å²) in [7, 11) is 2.06. The van der Waals surface area contributed by atoms with Crippen molar-refractivity contribution in [2.24, 2.45) is 0 Å². The van der Waals surface area contributed by atoms with Gasteiger partial charge < -0.3 is 10.2 Å². The number of fused-ring (bicyclic) bond motifs is 1. The molecular formula is C22H26BrN3OS. The van der Waals surface area contributed by atoms with E-state index >= 15 is 0 Å². The van der Waals surface area contributed by atoms with Gasteiger partial charge in [-0.15, -0.1) is 11.3 Å². The minimum absolute atomic E-state index is 0.767. The average Bonchev–Trinajstić information content (AvgIpc) is 2.86. The van der Waals surface area contributed by atoms with Crippen molar-refractivity contribution in [3.63, 3.8) is 0 Å². The SMILES string of the molecule is C/C=C\N(C)C1=CC=C(Br)C=CC1.CCNc1ccnc2sc(C=O)c(C)c12. The molecule has 2 aromatic heterocycles. The van der Waals surface area contributed by atoms with Crippen molar-refractivity contribution < 1.29 is 4.79 Å². The zero-order chi connectivity index (χ0) is 20.5. The highest BCUT2D eigenvalue weighted by atomic mass is 79.9. The van der Waals surface area contributed by atoms with Gasteiger partial charge in [-0.3, -0.25) is 4.79 Å². The van der Waals surface area contributed by atoms with Crippen LogP contribution < -0.4 is 5.32 Å². The number of thiophene rings is 1. The predicted octanol–water partition coefficient (Wildman–Crippen LogP) is 6.42. The van der Waals surface area contributed by atoms with Crippen LogP contribution in [0.1, 0.15) is 35.5 Å². The molecule has 3 rings (SSSR count). The molecule has 1 aliphatic rings. The monoisotopic (exact) mass is 459 g/mol. The molecule has 1 N–H and O–H groups in total. The zero-order valence-corrected chi connectivity index (χ0v) is 19.1. The van der Waals surface area contributed by atoms with Gasteiger partial charge in [0.25, 0.3) is 0 Å². The Morgan fingerprint density at radius 2 is 2.18 bits per heavy atom. The topological polar surface area (TPSA) is 45.2 Å². The molecular weight excluding hydrogens is 434 g/mol. The first-order valence-corrected chi connectivity index (χ1v) is 10.8. The van der Waals surface area contributed by atoms with Crippen LogP contribution in [0.15, 0.2) is 59.0 Å². The molecule has 148 valence electrons. The third-order valence-electron chi connectivity index (χ3n) is 4.21. The molecule has 0 atom stereocenters. The highest BCUT2D eigenvalue weighted by Gasteiger charge is 2.11. The number of halogens is 1. The summed E-state index contributed by atoms with van der Waals surface area (Å²) in [5.74, 6) is 0. The number of nitrogens with one attached hydrogen (secondary N) is 1. The van der Waals surface area contributed by atoms with E-state index in [9.17, 15) is 4.79 Å². The van der Waals surface area contributed by atoms with E-state index in [0.29, 0.717) is 0 Å². The molecule has 1 aliphatic carbocycles. The van der Waals surface area contributed by atoms with E-state index in [1.165, 1.54) is 17.0 Å². The van der Waals surface area contributed by atoms with Gasteiger partial charge in [0, 0.05) is 47.5 Å². The Balaban J connectivity index is 0.000000203. The van der Waals surface area contributed by atoms with Gasteiger partial charge in [-0.25, -0.2) is 4.98 Å². The molecule has 0 aromatic carbocycles. The number of aryl methyl sites for hydroxylation is 1. The van der Waals surface area contributed by atoms with E-state index in [1.54, 1.807) is 6.20 Å². The van der Waals surface area contributed by atoms with Gasteiger partial charge in [0.15, 0.2) is 6.29 Å². The first kappa shape index (κ1) is 22.1. The normalized spacial score (nSPS) is 13.5. The Morgan fingerprint density at radius 1 is 1.39 bits per heavy atom. The number of aromatic nitrogens is 1. The van der Waals surface area contributed by atoms with Gasteiger partial charge in [-0.1, -0.05) is 34.2 Å². The van der Waals surface area contributed by atoms with Crippen molar-refractivity contribution in [2.75, 3.05) is 18.9 Å². The Morgan fingerprint density at radius 3 is 2.86 bits per heavy atom. The van der Waals surface area contributed by atoms with Crippen LogP contribution in [0.3, 0.4) is 0 Å². The maximum absolute atomic E-state index is 10.8. The van der Waals surface area contributed by atoms with E-state index < -0.39 is 0 Å². The number of hydrogen-bond acceptors (Lipinski definition) is 5. The third-order valence-corrected chi connectivity index (χ3v) is 5.86. The van der Waals surface area contributed by atoms with Gasteiger partial charge in [-0.05, 0) is 50.8 Å². The molecule has 2 heterocycles. The fraction of sp³-hybridized carbons (Fsp3) is 0.273. The van der Waals surface area contributed by atoms with Crippen molar-refractivity contribution in [2.45, 2.75) is 27.2 Å². The van der Waals surface area contributed by atoms with E-state index in [2.05, 4.69) is 75.6 Å². The summed E-state index contributed by atoms with van der Waals surface area (Å²) in [6, 6.07) is 1.94. The Kier molecular flexibility index (Phi) is 8.67. The first-order chi connectivity index (χ1) is 13.5. The molecule has 28 heavy (non-hydrogen) atoms. The van der Waals surface area contributed by atoms with Crippen LogP contribution >= 0.6 is 27.3 Å². The van der Waals surface area contributed by atoms with E-state index in [4.69, 9.17) is 0 Å². The van der Waals surface area contributed by atoms with Crippen LogP contribution in [0, 0.1) is 6.92 Å². The van der Waals surface area contributed by atoms with E-state index in [1.807, 2.05) is 26.0 Å². The number of carbonyl (C=O) groups excluding carboxylic acids is 1. The van der Waals surface area contributed by atoms with Crippen molar-refractivity contribution in [1.29, 1.82) is 0 Å². The second-order valence-corrected chi connectivity index (χ2v) is 8.13. The van der Waals surface area contributed by atoms with Gasteiger partial charge in [0.1, 0.15) is 4.83 Å². The summed E-state index contributed by atoms with van der Waals surface area (Å²) < 4.78 is 1.12. The van der Waals surface area contributed by atoms with Gasteiger partial charge in [0.05, 0.1) is 4.88 Å². The fourth-order valence-corrected chi connectivity index (χ4v) is 4.12. The second kappa shape index (κ2) is 11.0. The van der Waals surface area contributed by atoms with Crippen LogP contribution in [0.25, 0.3) is 10.2 Å². The lowest BCUT2D eigenvalue weighted by Crippen LogP contribution is -2.08. The van der Waals surface area contributed by atoms with Gasteiger partial charge in [0.2, 0.25) is 0 Å². The molecule has 0 aliphatic heterocycles. The van der Waals surface area contributed by atoms with Crippen LogP contribution in [-0.2, 0) is 0 Å². The summed E-state index contributed by atoms with van der Waals surface area (Å²) in [4.78, 5) is 18.9. The molecule has 0 saturated carbocycles. The number of anilines is 1. The van der Waals surface area contributed by atoms with E-state index in [0.717, 1.165) is 50.1 Å². The van der Waals surface area contributed by atoms with Crippen molar-refractivity contribution in [3.05, 3.63) is 69.5 Å². The molecule has 0 unspecified atom stereocenters. The molecule has 2 aromatic rings. The molecule has 4 nitrogen and oxygen atoms in total. The largest absolute Gasteiger partial charge is 0.385 e. The summed E-state index contributed by atoms with van der Waals surface area (Å²) in [5.41, 5.74) is 3.38. The average molecular weight is 460 g/mol. The van der Waals surface area contributed by atoms with E-state index in [-0.39, 0.29) is 0 Å². The van der Waals surface area contributed by atoms with Crippen LogP contribution in [-0.4, -0.2) is 29.8 Å². The molecule has 0 amide bonds. The fourth-order valence-electron chi connectivity index (χ4n) is 2.81. The maximum Gasteiger partial charge on any atom is 0.160 e. The van der Waals surface area contributed by atoms with Gasteiger partial charge >= 0.3 is 0 Å². The molecule has 0 radical (unpaired) electrons. The summed E-state index contributed by atoms with van der Waals surface area (Å²) in [5, 5.41) is 4.35. The van der Waals surface area contributed by atoms with Crippen LogP contribution in [0.4, 0.5) is 5.69 Å². The lowest BCUT2D eigenvalue weighted by molar-refractivity contribution is 0.112. The van der Waals surface area contributed by atoms with Crippen molar-refractivity contribution in [1.82, 2.24) is 9.88 Å². The lowest BCUT2D eigenvalue weighted by atomic mass is 10.1. The van der Waals surface area contributed by atoms with Crippen LogP contribution in [0.5, 0.6) is 0 Å². The lowest BCUT2D eigenvalue weighted by Gasteiger charge is -2.15. The minimum Gasteiger partial charge on any atom is -0.385 e. The molecule has 0 bridgehead atoms. The zero-order valence-electron chi connectivity index (χ0n) is 16.7. The number of pyridine rings is 1. The maximum atomic E-state index is 10.8. The van der Waals surface area contributed by atoms with Crippen molar-refractivity contribution in [3.8, 4) is 0 Å².